The van der Waals surface area contributed by atoms with Crippen LogP contribution in [0.3, 0.4) is 0 Å². The summed E-state index contributed by atoms with van der Waals surface area (Å²) < 4.78 is 21.9. The lowest BCUT2D eigenvalue weighted by Crippen LogP contribution is -2.18. The predicted octanol–water partition coefficient (Wildman–Crippen LogP) is 1.98. The minimum Gasteiger partial charge on any atom is -0.493 e. The molecule has 0 saturated carbocycles. The molecule has 5 heteroatoms. The molecule has 0 aromatic heterocycles. The molecule has 0 unspecified atom stereocenters. The number of nitrogens with one attached hydrogen (secondary N) is 1. The number of hydrogen-bond acceptors (Lipinski definition) is 5. The normalized spacial score (nSPS) is 13.3. The Morgan fingerprint density at radius 3 is 2.90 bits per heavy atom. The van der Waals surface area contributed by atoms with Crippen molar-refractivity contribution in [3.05, 3.63) is 17.7 Å². The summed E-state index contributed by atoms with van der Waals surface area (Å²) in [6.45, 7) is 6.44. The molecule has 5 nitrogen and oxygen atoms in total. The Kier molecular flexibility index (Phi) is 5.95. The number of rotatable bonds is 8. The molecule has 0 fully saturated rings. The van der Waals surface area contributed by atoms with Gasteiger partial charge in [-0.2, -0.15) is 0 Å². The van der Waals surface area contributed by atoms with Crippen LogP contribution in [-0.2, 0) is 11.3 Å². The third kappa shape index (κ3) is 4.02. The van der Waals surface area contributed by atoms with E-state index in [1.54, 1.807) is 7.11 Å². The predicted molar refractivity (Wildman–Crippen MR) is 76.8 cm³/mol. The van der Waals surface area contributed by atoms with Crippen LogP contribution in [0, 0.1) is 0 Å². The molecular weight excluding hydrogens is 258 g/mol. The van der Waals surface area contributed by atoms with Crippen molar-refractivity contribution < 1.29 is 18.9 Å². The summed E-state index contributed by atoms with van der Waals surface area (Å²) in [5.41, 5.74) is 1.13. The fraction of sp³-hybridized carbons (Fsp3) is 0.600. The second-order valence-corrected chi connectivity index (χ2v) is 4.55. The topological polar surface area (TPSA) is 49.0 Å². The Labute approximate surface area is 120 Å². The van der Waals surface area contributed by atoms with Crippen molar-refractivity contribution in [2.75, 3.05) is 40.1 Å². The van der Waals surface area contributed by atoms with E-state index in [1.807, 2.05) is 19.1 Å². The molecule has 0 radical (unpaired) electrons. The Bertz CT molecular complexity index is 405. The van der Waals surface area contributed by atoms with Gasteiger partial charge in [-0.05, 0) is 37.6 Å². The van der Waals surface area contributed by atoms with Crippen molar-refractivity contribution in [2.45, 2.75) is 19.9 Å². The molecule has 0 aliphatic carbocycles. The van der Waals surface area contributed by atoms with E-state index in [0.29, 0.717) is 19.0 Å². The molecule has 0 spiro atoms. The van der Waals surface area contributed by atoms with Gasteiger partial charge in [-0.1, -0.05) is 0 Å². The van der Waals surface area contributed by atoms with Gasteiger partial charge in [0.25, 0.3) is 0 Å². The zero-order chi connectivity index (χ0) is 14.2. The average Bonchev–Trinajstić information content (AvgIpc) is 2.50. The summed E-state index contributed by atoms with van der Waals surface area (Å²) in [5.74, 6) is 2.20. The highest BCUT2D eigenvalue weighted by Gasteiger charge is 2.18. The Morgan fingerprint density at radius 2 is 2.10 bits per heavy atom. The van der Waals surface area contributed by atoms with Gasteiger partial charge in [-0.15, -0.1) is 0 Å². The third-order valence-corrected chi connectivity index (χ3v) is 3.06. The second-order valence-electron chi connectivity index (χ2n) is 4.55. The van der Waals surface area contributed by atoms with E-state index in [-0.39, 0.29) is 0 Å². The Hall–Kier alpha value is -1.46. The largest absolute Gasteiger partial charge is 0.493 e. The van der Waals surface area contributed by atoms with Crippen molar-refractivity contribution in [3.63, 3.8) is 0 Å². The first-order chi connectivity index (χ1) is 9.85. The SMILES string of the molecule is CCOCCCNCc1cc(OC)c2c(c1)OCCO2. The highest BCUT2D eigenvalue weighted by molar-refractivity contribution is 5.54. The summed E-state index contributed by atoms with van der Waals surface area (Å²) in [4.78, 5) is 0. The molecule has 1 aliphatic heterocycles. The van der Waals surface area contributed by atoms with E-state index < -0.39 is 0 Å². The summed E-state index contributed by atoms with van der Waals surface area (Å²) >= 11 is 0. The van der Waals surface area contributed by atoms with Gasteiger partial charge in [0.1, 0.15) is 13.2 Å². The molecule has 20 heavy (non-hydrogen) atoms. The van der Waals surface area contributed by atoms with E-state index in [4.69, 9.17) is 18.9 Å². The zero-order valence-electron chi connectivity index (χ0n) is 12.2. The fourth-order valence-electron chi connectivity index (χ4n) is 2.11. The highest BCUT2D eigenvalue weighted by Crippen LogP contribution is 2.40. The highest BCUT2D eigenvalue weighted by atomic mass is 16.6. The first-order valence-corrected chi connectivity index (χ1v) is 7.10. The standard InChI is InChI=1S/C15H23NO4/c1-3-18-6-4-5-16-11-12-9-13(17-2)15-14(10-12)19-7-8-20-15/h9-10,16H,3-8,11H2,1-2H3. The maximum atomic E-state index is 5.61. The molecule has 0 amide bonds. The maximum Gasteiger partial charge on any atom is 0.203 e. The van der Waals surface area contributed by atoms with Crippen LogP contribution in [-0.4, -0.2) is 40.1 Å². The van der Waals surface area contributed by atoms with E-state index in [9.17, 15) is 0 Å². The number of hydrogen-bond donors (Lipinski definition) is 1. The minimum absolute atomic E-state index is 0.568. The van der Waals surface area contributed by atoms with Gasteiger partial charge < -0.3 is 24.3 Å². The number of fused-ring (bicyclic) bond motifs is 1. The fourth-order valence-corrected chi connectivity index (χ4v) is 2.11. The van der Waals surface area contributed by atoms with Gasteiger partial charge in [-0.25, -0.2) is 0 Å². The van der Waals surface area contributed by atoms with Gasteiger partial charge in [0.2, 0.25) is 5.75 Å². The lowest BCUT2D eigenvalue weighted by molar-refractivity contribution is 0.144. The van der Waals surface area contributed by atoms with E-state index in [1.165, 1.54) is 0 Å². The van der Waals surface area contributed by atoms with Gasteiger partial charge in [0.15, 0.2) is 11.5 Å². The molecule has 2 rings (SSSR count). The van der Waals surface area contributed by atoms with E-state index in [0.717, 1.165) is 49.8 Å². The summed E-state index contributed by atoms with van der Waals surface area (Å²) in [7, 11) is 1.65. The van der Waals surface area contributed by atoms with Crippen LogP contribution in [0.4, 0.5) is 0 Å². The first-order valence-electron chi connectivity index (χ1n) is 7.10. The quantitative estimate of drug-likeness (QED) is 0.738. The molecule has 1 N–H and O–H groups in total. The van der Waals surface area contributed by atoms with Gasteiger partial charge in [-0.3, -0.25) is 0 Å². The maximum absolute atomic E-state index is 5.61. The Morgan fingerprint density at radius 1 is 1.25 bits per heavy atom. The zero-order valence-corrected chi connectivity index (χ0v) is 12.2. The molecule has 1 aromatic carbocycles. The number of methoxy groups -OCH3 is 1. The van der Waals surface area contributed by atoms with Gasteiger partial charge in [0, 0.05) is 19.8 Å². The lowest BCUT2D eigenvalue weighted by Gasteiger charge is -2.21. The van der Waals surface area contributed by atoms with Crippen LogP contribution in [0.15, 0.2) is 12.1 Å². The first kappa shape index (κ1) is 14.9. The third-order valence-electron chi connectivity index (χ3n) is 3.06. The van der Waals surface area contributed by atoms with Gasteiger partial charge in [0.05, 0.1) is 7.11 Å². The monoisotopic (exact) mass is 281 g/mol. The van der Waals surface area contributed by atoms with Crippen LogP contribution < -0.4 is 19.5 Å². The minimum atomic E-state index is 0.568. The molecule has 1 heterocycles. The van der Waals surface area contributed by atoms with Crippen LogP contribution in [0.5, 0.6) is 17.2 Å². The van der Waals surface area contributed by atoms with Gasteiger partial charge >= 0.3 is 0 Å². The molecular formula is C15H23NO4. The molecule has 0 bridgehead atoms. The molecule has 0 saturated heterocycles. The molecule has 1 aliphatic rings. The van der Waals surface area contributed by atoms with Crippen molar-refractivity contribution >= 4 is 0 Å². The van der Waals surface area contributed by atoms with Crippen molar-refractivity contribution in [2.24, 2.45) is 0 Å². The average molecular weight is 281 g/mol. The molecule has 0 atom stereocenters. The summed E-state index contributed by atoms with van der Waals surface area (Å²) in [5, 5.41) is 3.39. The number of benzene rings is 1. The van der Waals surface area contributed by atoms with Crippen molar-refractivity contribution in [1.29, 1.82) is 0 Å². The van der Waals surface area contributed by atoms with E-state index in [2.05, 4.69) is 5.32 Å². The van der Waals surface area contributed by atoms with Crippen molar-refractivity contribution in [1.82, 2.24) is 5.32 Å². The van der Waals surface area contributed by atoms with Crippen molar-refractivity contribution in [3.8, 4) is 17.2 Å². The second kappa shape index (κ2) is 7.97. The lowest BCUT2D eigenvalue weighted by atomic mass is 10.1. The van der Waals surface area contributed by atoms with Crippen LogP contribution in [0.2, 0.25) is 0 Å². The Balaban J connectivity index is 1.88. The van der Waals surface area contributed by atoms with Crippen LogP contribution in [0.25, 0.3) is 0 Å². The van der Waals surface area contributed by atoms with E-state index >= 15 is 0 Å². The smallest absolute Gasteiger partial charge is 0.203 e. The summed E-state index contributed by atoms with van der Waals surface area (Å²) in [6.07, 6.45) is 1.01. The van der Waals surface area contributed by atoms with Crippen LogP contribution >= 0.6 is 0 Å². The number of ether oxygens (including phenoxy) is 4. The summed E-state index contributed by atoms with van der Waals surface area (Å²) in [6, 6.07) is 4.00. The molecule has 112 valence electrons. The van der Waals surface area contributed by atoms with Crippen LogP contribution in [0.1, 0.15) is 18.9 Å². The molecule has 1 aromatic rings.